The average molecular weight is 377 g/mol. The highest BCUT2D eigenvalue weighted by Crippen LogP contribution is 2.27. The van der Waals surface area contributed by atoms with Crippen LogP contribution in [0.15, 0.2) is 48.5 Å². The van der Waals surface area contributed by atoms with E-state index in [-0.39, 0.29) is 5.56 Å². The minimum atomic E-state index is -3.21. The quantitative estimate of drug-likeness (QED) is 0.887. The van der Waals surface area contributed by atoms with Crippen LogP contribution < -0.4 is 10.2 Å². The van der Waals surface area contributed by atoms with E-state index in [2.05, 4.69) is 5.32 Å². The van der Waals surface area contributed by atoms with Gasteiger partial charge in [0, 0.05) is 26.2 Å². The van der Waals surface area contributed by atoms with Crippen LogP contribution in [0.25, 0.3) is 0 Å². The number of para-hydroxylation sites is 2. The highest BCUT2D eigenvalue weighted by molar-refractivity contribution is 7.88. The van der Waals surface area contributed by atoms with Crippen molar-refractivity contribution in [1.82, 2.24) is 4.31 Å². The third-order valence-corrected chi connectivity index (χ3v) is 5.62. The first-order chi connectivity index (χ1) is 12.4. The molecule has 1 heterocycles. The first kappa shape index (κ1) is 18.3. The van der Waals surface area contributed by atoms with Crippen molar-refractivity contribution in [2.75, 3.05) is 42.7 Å². The number of carbonyl (C=O) groups is 1. The summed E-state index contributed by atoms with van der Waals surface area (Å²) in [6, 6.07) is 13.0. The van der Waals surface area contributed by atoms with Crippen molar-refractivity contribution < 1.29 is 17.6 Å². The van der Waals surface area contributed by atoms with Gasteiger partial charge in [-0.2, -0.15) is 4.31 Å². The number of anilines is 2. The third kappa shape index (κ3) is 4.03. The molecule has 0 radical (unpaired) electrons. The first-order valence-electron chi connectivity index (χ1n) is 8.21. The summed E-state index contributed by atoms with van der Waals surface area (Å²) < 4.78 is 38.5. The standard InChI is InChI=1S/C18H20FN3O3S/c1-26(24,25)22-12-10-21(11-13-22)17-9-5-4-8-16(17)20-18(23)14-6-2-3-7-15(14)19/h2-9H,10-13H2,1H3,(H,20,23). The molecule has 0 bridgehead atoms. The molecule has 1 N–H and O–H groups in total. The molecule has 0 aliphatic carbocycles. The maximum Gasteiger partial charge on any atom is 0.258 e. The van der Waals surface area contributed by atoms with E-state index in [0.29, 0.717) is 31.9 Å². The summed E-state index contributed by atoms with van der Waals surface area (Å²) in [4.78, 5) is 14.4. The third-order valence-electron chi connectivity index (χ3n) is 4.32. The van der Waals surface area contributed by atoms with E-state index in [4.69, 9.17) is 0 Å². The zero-order chi connectivity index (χ0) is 18.7. The molecular weight excluding hydrogens is 357 g/mol. The molecule has 1 amide bonds. The van der Waals surface area contributed by atoms with E-state index in [0.717, 1.165) is 5.69 Å². The Hall–Kier alpha value is -2.45. The second kappa shape index (κ2) is 7.43. The number of halogens is 1. The SMILES string of the molecule is CS(=O)(=O)N1CCN(c2ccccc2NC(=O)c2ccccc2F)CC1. The van der Waals surface area contributed by atoms with Gasteiger partial charge in [0.2, 0.25) is 10.0 Å². The van der Waals surface area contributed by atoms with E-state index < -0.39 is 21.7 Å². The fourth-order valence-corrected chi connectivity index (χ4v) is 3.78. The van der Waals surface area contributed by atoms with Crippen molar-refractivity contribution in [2.45, 2.75) is 0 Å². The normalized spacial score (nSPS) is 15.7. The molecule has 2 aromatic carbocycles. The minimum absolute atomic E-state index is 0.0239. The van der Waals surface area contributed by atoms with Crippen LogP contribution in [-0.4, -0.2) is 51.1 Å². The Bertz CT molecular complexity index is 909. The van der Waals surface area contributed by atoms with Crippen LogP contribution in [0.2, 0.25) is 0 Å². The Morgan fingerprint density at radius 2 is 1.62 bits per heavy atom. The first-order valence-corrected chi connectivity index (χ1v) is 10.1. The number of sulfonamides is 1. The Labute approximate surface area is 152 Å². The predicted molar refractivity (Wildman–Crippen MR) is 99.4 cm³/mol. The molecule has 0 atom stereocenters. The number of piperazine rings is 1. The number of carbonyl (C=O) groups excluding carboxylic acids is 1. The molecule has 0 saturated carbocycles. The summed E-state index contributed by atoms with van der Waals surface area (Å²) >= 11 is 0. The second-order valence-corrected chi connectivity index (χ2v) is 8.08. The molecule has 1 fully saturated rings. The van der Waals surface area contributed by atoms with Crippen LogP contribution in [0.5, 0.6) is 0 Å². The molecule has 2 aromatic rings. The molecule has 6 nitrogen and oxygen atoms in total. The maximum absolute atomic E-state index is 13.8. The summed E-state index contributed by atoms with van der Waals surface area (Å²) in [6.07, 6.45) is 1.20. The summed E-state index contributed by atoms with van der Waals surface area (Å²) in [6.45, 7) is 1.79. The number of hydrogen-bond acceptors (Lipinski definition) is 4. The molecule has 1 aliphatic rings. The number of hydrogen-bond donors (Lipinski definition) is 1. The lowest BCUT2D eigenvalue weighted by Crippen LogP contribution is -2.48. The van der Waals surface area contributed by atoms with E-state index >= 15 is 0 Å². The van der Waals surface area contributed by atoms with Gasteiger partial charge in [-0.15, -0.1) is 0 Å². The van der Waals surface area contributed by atoms with Gasteiger partial charge < -0.3 is 10.2 Å². The summed E-state index contributed by atoms with van der Waals surface area (Å²) in [5.41, 5.74) is 1.32. The van der Waals surface area contributed by atoms with Crippen LogP contribution in [0.4, 0.5) is 15.8 Å². The number of nitrogens with zero attached hydrogens (tertiary/aromatic N) is 2. The average Bonchev–Trinajstić information content (AvgIpc) is 2.62. The Morgan fingerprint density at radius 1 is 1.00 bits per heavy atom. The summed E-state index contributed by atoms with van der Waals surface area (Å²) in [5.74, 6) is -1.10. The monoisotopic (exact) mass is 377 g/mol. The van der Waals surface area contributed by atoms with Gasteiger partial charge in [0.25, 0.3) is 5.91 Å². The van der Waals surface area contributed by atoms with Crippen molar-refractivity contribution in [3.63, 3.8) is 0 Å². The predicted octanol–water partition coefficient (Wildman–Crippen LogP) is 2.16. The second-order valence-electron chi connectivity index (χ2n) is 6.10. The zero-order valence-corrected chi connectivity index (χ0v) is 15.2. The van der Waals surface area contributed by atoms with Gasteiger partial charge in [0.15, 0.2) is 0 Å². The molecule has 1 aliphatic heterocycles. The fourth-order valence-electron chi connectivity index (χ4n) is 2.95. The van der Waals surface area contributed by atoms with Crippen LogP contribution in [0.1, 0.15) is 10.4 Å². The zero-order valence-electron chi connectivity index (χ0n) is 14.4. The van der Waals surface area contributed by atoms with Gasteiger partial charge in [-0.3, -0.25) is 4.79 Å². The van der Waals surface area contributed by atoms with Crippen LogP contribution >= 0.6 is 0 Å². The Morgan fingerprint density at radius 3 is 2.27 bits per heavy atom. The van der Waals surface area contributed by atoms with E-state index in [1.807, 2.05) is 17.0 Å². The minimum Gasteiger partial charge on any atom is -0.367 e. The lowest BCUT2D eigenvalue weighted by molar-refractivity contribution is 0.102. The largest absolute Gasteiger partial charge is 0.367 e. The van der Waals surface area contributed by atoms with Crippen molar-refractivity contribution in [2.24, 2.45) is 0 Å². The summed E-state index contributed by atoms with van der Waals surface area (Å²) in [5, 5.41) is 2.75. The maximum atomic E-state index is 13.8. The van der Waals surface area contributed by atoms with Gasteiger partial charge in [-0.05, 0) is 24.3 Å². The Kier molecular flexibility index (Phi) is 5.24. The number of nitrogens with one attached hydrogen (secondary N) is 1. The van der Waals surface area contributed by atoms with Gasteiger partial charge in [0.05, 0.1) is 23.2 Å². The molecule has 26 heavy (non-hydrogen) atoms. The molecular formula is C18H20FN3O3S. The van der Waals surface area contributed by atoms with E-state index in [1.165, 1.54) is 28.8 Å². The highest BCUT2D eigenvalue weighted by Gasteiger charge is 2.25. The van der Waals surface area contributed by atoms with Crippen LogP contribution in [-0.2, 0) is 10.0 Å². The van der Waals surface area contributed by atoms with E-state index in [1.54, 1.807) is 18.2 Å². The van der Waals surface area contributed by atoms with Crippen molar-refractivity contribution in [3.05, 3.63) is 59.9 Å². The molecule has 0 unspecified atom stereocenters. The number of amides is 1. The lowest BCUT2D eigenvalue weighted by atomic mass is 10.1. The van der Waals surface area contributed by atoms with Crippen molar-refractivity contribution in [1.29, 1.82) is 0 Å². The molecule has 3 rings (SSSR count). The van der Waals surface area contributed by atoms with Gasteiger partial charge in [-0.1, -0.05) is 24.3 Å². The topological polar surface area (TPSA) is 69.7 Å². The molecule has 8 heteroatoms. The Balaban J connectivity index is 1.77. The molecule has 138 valence electrons. The number of benzene rings is 2. The van der Waals surface area contributed by atoms with Crippen LogP contribution in [0, 0.1) is 5.82 Å². The summed E-state index contributed by atoms with van der Waals surface area (Å²) in [7, 11) is -3.21. The van der Waals surface area contributed by atoms with Crippen molar-refractivity contribution >= 4 is 27.3 Å². The van der Waals surface area contributed by atoms with Gasteiger partial charge in [0.1, 0.15) is 5.82 Å². The molecule has 0 spiro atoms. The van der Waals surface area contributed by atoms with Gasteiger partial charge >= 0.3 is 0 Å². The van der Waals surface area contributed by atoms with Gasteiger partial charge in [-0.25, -0.2) is 12.8 Å². The smallest absolute Gasteiger partial charge is 0.258 e. The lowest BCUT2D eigenvalue weighted by Gasteiger charge is -2.35. The van der Waals surface area contributed by atoms with E-state index in [9.17, 15) is 17.6 Å². The molecule has 1 saturated heterocycles. The fraction of sp³-hybridized carbons (Fsp3) is 0.278. The van der Waals surface area contributed by atoms with Crippen LogP contribution in [0.3, 0.4) is 0 Å². The highest BCUT2D eigenvalue weighted by atomic mass is 32.2. The molecule has 0 aromatic heterocycles. The van der Waals surface area contributed by atoms with Crippen molar-refractivity contribution in [3.8, 4) is 0 Å². The number of rotatable bonds is 4.